The Hall–Kier alpha value is -2.14. The van der Waals surface area contributed by atoms with Gasteiger partial charge >= 0.3 is 0 Å². The third-order valence-electron chi connectivity index (χ3n) is 7.57. The van der Waals surface area contributed by atoms with Crippen LogP contribution in [-0.2, 0) is 30.5 Å². The molecule has 1 aromatic carbocycles. The smallest absolute Gasteiger partial charge is 0.223 e. The highest BCUT2D eigenvalue weighted by molar-refractivity contribution is 5.78. The largest absolute Gasteiger partial charge is 0.396 e. The summed E-state index contributed by atoms with van der Waals surface area (Å²) in [5, 5.41) is 18.1. The Morgan fingerprint density at radius 3 is 2.86 bits per heavy atom. The summed E-state index contributed by atoms with van der Waals surface area (Å²) in [7, 11) is 0. The summed E-state index contributed by atoms with van der Waals surface area (Å²) in [6.45, 7) is 0.152. The van der Waals surface area contributed by atoms with Crippen LogP contribution in [0.15, 0.2) is 30.3 Å². The van der Waals surface area contributed by atoms with E-state index >= 15 is 0 Å². The van der Waals surface area contributed by atoms with E-state index < -0.39 is 0 Å². The van der Waals surface area contributed by atoms with Gasteiger partial charge in [0, 0.05) is 36.0 Å². The summed E-state index contributed by atoms with van der Waals surface area (Å²) in [4.78, 5) is 15.4. The van der Waals surface area contributed by atoms with Crippen molar-refractivity contribution in [3.8, 4) is 0 Å². The highest BCUT2D eigenvalue weighted by atomic mass is 16.3. The normalized spacial score (nSPS) is 28.0. The van der Waals surface area contributed by atoms with Crippen LogP contribution in [0.25, 0.3) is 0 Å². The number of fused-ring (bicyclic) bond motifs is 3. The molecular weight excluding hydrogens is 362 g/mol. The molecule has 1 aromatic heterocycles. The summed E-state index contributed by atoms with van der Waals surface area (Å²) >= 11 is 0. The van der Waals surface area contributed by atoms with E-state index in [2.05, 4.69) is 39.4 Å². The zero-order chi connectivity index (χ0) is 19.8. The highest BCUT2D eigenvalue weighted by Crippen LogP contribution is 2.51. The van der Waals surface area contributed by atoms with E-state index in [0.717, 1.165) is 50.6 Å². The van der Waals surface area contributed by atoms with Crippen LogP contribution in [0, 0.1) is 5.41 Å². The van der Waals surface area contributed by atoms with Crippen molar-refractivity contribution in [3.63, 3.8) is 0 Å². The zero-order valence-electron chi connectivity index (χ0n) is 17.1. The van der Waals surface area contributed by atoms with Crippen LogP contribution < -0.4 is 0 Å². The van der Waals surface area contributed by atoms with Crippen molar-refractivity contribution in [3.05, 3.63) is 52.8 Å². The predicted octanol–water partition coefficient (Wildman–Crippen LogP) is 3.21. The summed E-state index contributed by atoms with van der Waals surface area (Å²) < 4.78 is 0. The van der Waals surface area contributed by atoms with E-state index in [1.54, 1.807) is 0 Å². The molecule has 1 aliphatic carbocycles. The van der Waals surface area contributed by atoms with Gasteiger partial charge in [-0.05, 0) is 62.5 Å². The monoisotopic (exact) mass is 393 g/mol. The number of nitrogens with zero attached hydrogens (tertiary/aromatic N) is 2. The Bertz CT molecular complexity index is 878. The molecule has 0 spiro atoms. The van der Waals surface area contributed by atoms with Crippen LogP contribution in [0.4, 0.5) is 0 Å². The first-order valence-electron chi connectivity index (χ1n) is 11.2. The van der Waals surface area contributed by atoms with Crippen LogP contribution in [0.2, 0.25) is 0 Å². The molecule has 154 valence electrons. The summed E-state index contributed by atoms with van der Waals surface area (Å²) in [5.74, 6) is 0.244. The van der Waals surface area contributed by atoms with E-state index in [1.807, 2.05) is 6.07 Å². The number of carbonyl (C=O) groups is 1. The van der Waals surface area contributed by atoms with Gasteiger partial charge in [0.05, 0.1) is 12.3 Å². The Morgan fingerprint density at radius 2 is 2.03 bits per heavy atom. The van der Waals surface area contributed by atoms with Gasteiger partial charge in [0.2, 0.25) is 5.91 Å². The Balaban J connectivity index is 1.29. The zero-order valence-corrected chi connectivity index (χ0v) is 17.1. The van der Waals surface area contributed by atoms with Crippen molar-refractivity contribution < 1.29 is 9.90 Å². The van der Waals surface area contributed by atoms with Crippen molar-refractivity contribution in [2.24, 2.45) is 5.41 Å². The van der Waals surface area contributed by atoms with Crippen molar-refractivity contribution in [1.82, 2.24) is 15.1 Å². The maximum absolute atomic E-state index is 13.2. The SMILES string of the molecule is O=C(CCc1n[nH]c2c1CCCC2)N1[C@@H]2CC[C@H]1[C@](CO)(Cc1ccccc1)C2. The van der Waals surface area contributed by atoms with Crippen LogP contribution in [-0.4, -0.2) is 44.8 Å². The fourth-order valence-electron chi connectivity index (χ4n) is 6.20. The van der Waals surface area contributed by atoms with E-state index in [0.29, 0.717) is 6.42 Å². The molecule has 3 atom stereocenters. The Morgan fingerprint density at radius 1 is 1.21 bits per heavy atom. The molecule has 5 nitrogen and oxygen atoms in total. The van der Waals surface area contributed by atoms with Gasteiger partial charge in [-0.15, -0.1) is 0 Å². The van der Waals surface area contributed by atoms with Gasteiger partial charge < -0.3 is 10.0 Å². The molecular formula is C24H31N3O2. The van der Waals surface area contributed by atoms with Crippen molar-refractivity contribution in [1.29, 1.82) is 0 Å². The molecule has 5 heteroatoms. The molecule has 2 aromatic rings. The third kappa shape index (κ3) is 3.29. The summed E-state index contributed by atoms with van der Waals surface area (Å²) in [6.07, 6.45) is 9.75. The molecule has 2 aliphatic heterocycles. The van der Waals surface area contributed by atoms with E-state index in [4.69, 9.17) is 0 Å². The molecule has 29 heavy (non-hydrogen) atoms. The number of hydrogen-bond acceptors (Lipinski definition) is 3. The molecule has 5 rings (SSSR count). The molecule has 2 N–H and O–H groups in total. The van der Waals surface area contributed by atoms with Gasteiger partial charge in [-0.3, -0.25) is 9.89 Å². The van der Waals surface area contributed by atoms with Gasteiger partial charge in [0.25, 0.3) is 0 Å². The molecule has 0 saturated carbocycles. The number of aromatic amines is 1. The number of aryl methyl sites for hydroxylation is 2. The molecule has 2 saturated heterocycles. The van der Waals surface area contributed by atoms with Gasteiger partial charge in [0.15, 0.2) is 0 Å². The molecule has 3 heterocycles. The van der Waals surface area contributed by atoms with Crippen molar-refractivity contribution in [2.45, 2.75) is 76.3 Å². The lowest BCUT2D eigenvalue weighted by atomic mass is 9.70. The first kappa shape index (κ1) is 18.9. The number of hydrogen-bond donors (Lipinski definition) is 2. The highest BCUT2D eigenvalue weighted by Gasteiger charge is 2.56. The number of carbonyl (C=O) groups excluding carboxylic acids is 1. The quantitative estimate of drug-likeness (QED) is 0.792. The van der Waals surface area contributed by atoms with Crippen molar-refractivity contribution >= 4 is 5.91 Å². The number of H-pyrrole nitrogens is 1. The van der Waals surface area contributed by atoms with Gasteiger partial charge in [0.1, 0.15) is 0 Å². The van der Waals surface area contributed by atoms with Gasteiger partial charge in [-0.25, -0.2) is 0 Å². The van der Waals surface area contributed by atoms with Crippen molar-refractivity contribution in [2.75, 3.05) is 6.61 Å². The molecule has 2 bridgehead atoms. The first-order valence-corrected chi connectivity index (χ1v) is 11.2. The standard InChI is InChI=1S/C24H31N3O2/c28-16-24(14-17-6-2-1-3-7-17)15-18-10-12-22(24)27(18)23(29)13-11-21-19-8-4-5-9-20(19)25-26-21/h1-3,6-7,18,22,28H,4-5,8-16H2,(H,25,26)/t18-,22+,24-/m1/s1. The number of benzene rings is 1. The minimum absolute atomic E-state index is 0.152. The van der Waals surface area contributed by atoms with E-state index in [1.165, 1.54) is 29.7 Å². The summed E-state index contributed by atoms with van der Waals surface area (Å²) in [5.41, 5.74) is 4.80. The van der Waals surface area contributed by atoms with Gasteiger partial charge in [-0.1, -0.05) is 30.3 Å². The topological polar surface area (TPSA) is 69.2 Å². The first-order chi connectivity index (χ1) is 14.2. The summed E-state index contributed by atoms with van der Waals surface area (Å²) in [6, 6.07) is 10.9. The number of aliphatic hydroxyl groups excluding tert-OH is 1. The maximum atomic E-state index is 13.2. The Kier molecular flexibility index (Phi) is 4.94. The molecule has 0 radical (unpaired) electrons. The fraction of sp³-hybridized carbons (Fsp3) is 0.583. The number of amides is 1. The molecule has 1 amide bonds. The lowest BCUT2D eigenvalue weighted by Gasteiger charge is -2.36. The van der Waals surface area contributed by atoms with E-state index in [-0.39, 0.29) is 30.0 Å². The molecule has 0 unspecified atom stereocenters. The Labute approximate surface area is 172 Å². The average Bonchev–Trinajstić information content (AvgIpc) is 3.44. The second-order valence-corrected chi connectivity index (χ2v) is 9.27. The average molecular weight is 394 g/mol. The second kappa shape index (κ2) is 7.60. The van der Waals surface area contributed by atoms with E-state index in [9.17, 15) is 9.90 Å². The van der Waals surface area contributed by atoms with Crippen LogP contribution >= 0.6 is 0 Å². The molecule has 2 fully saturated rings. The number of aromatic nitrogens is 2. The van der Waals surface area contributed by atoms with Gasteiger partial charge in [-0.2, -0.15) is 5.10 Å². The lowest BCUT2D eigenvalue weighted by molar-refractivity contribution is -0.133. The predicted molar refractivity (Wildman–Crippen MR) is 111 cm³/mol. The lowest BCUT2D eigenvalue weighted by Crippen LogP contribution is -2.44. The third-order valence-corrected chi connectivity index (χ3v) is 7.57. The number of aliphatic hydroxyl groups is 1. The minimum Gasteiger partial charge on any atom is -0.396 e. The van der Waals surface area contributed by atoms with Crippen LogP contribution in [0.3, 0.4) is 0 Å². The number of rotatable bonds is 6. The minimum atomic E-state index is -0.189. The van der Waals surface area contributed by atoms with Crippen LogP contribution in [0.1, 0.15) is 61.0 Å². The second-order valence-electron chi connectivity index (χ2n) is 9.27. The molecule has 3 aliphatic rings. The van der Waals surface area contributed by atoms with Crippen LogP contribution in [0.5, 0.6) is 0 Å². The fourth-order valence-corrected chi connectivity index (χ4v) is 6.20. The number of nitrogens with one attached hydrogen (secondary N) is 1. The maximum Gasteiger partial charge on any atom is 0.223 e.